The van der Waals surface area contributed by atoms with E-state index in [4.69, 9.17) is 5.11 Å². The molecule has 3 nitrogen and oxygen atoms in total. The minimum atomic E-state index is -0.704. The summed E-state index contributed by atoms with van der Waals surface area (Å²) in [6, 6.07) is -0.0186. The number of carbonyl (C=O) groups is 1. The molecule has 16 heavy (non-hydrogen) atoms. The Kier molecular flexibility index (Phi) is 5.81. The van der Waals surface area contributed by atoms with Gasteiger partial charge in [-0.2, -0.15) is 0 Å². The summed E-state index contributed by atoms with van der Waals surface area (Å²) in [7, 11) is 0. The van der Waals surface area contributed by atoms with Crippen molar-refractivity contribution in [3.05, 3.63) is 0 Å². The van der Waals surface area contributed by atoms with Gasteiger partial charge in [-0.15, -0.1) is 0 Å². The van der Waals surface area contributed by atoms with Gasteiger partial charge in [-0.3, -0.25) is 4.79 Å². The number of hydrogen-bond acceptors (Lipinski definition) is 2. The third-order valence-electron chi connectivity index (χ3n) is 3.70. The lowest BCUT2D eigenvalue weighted by molar-refractivity contribution is -0.140. The van der Waals surface area contributed by atoms with E-state index < -0.39 is 5.97 Å². The van der Waals surface area contributed by atoms with E-state index in [2.05, 4.69) is 12.2 Å². The maximum Gasteiger partial charge on any atom is 0.320 e. The number of nitrogens with one attached hydrogen (secondary N) is 1. The standard InChI is InChI=1S/C13H25NO2/c1-3-7-12(13(15)16)14-10(2)11-8-5-4-6-9-11/h10-12,14H,3-9H2,1-2H3,(H,15,16)/t10-,12?/m0/s1. The van der Waals surface area contributed by atoms with Gasteiger partial charge in [0.25, 0.3) is 0 Å². The van der Waals surface area contributed by atoms with Crippen LogP contribution in [0.3, 0.4) is 0 Å². The molecule has 0 bridgehead atoms. The first kappa shape index (κ1) is 13.5. The maximum absolute atomic E-state index is 11.0. The van der Waals surface area contributed by atoms with Gasteiger partial charge in [0.2, 0.25) is 0 Å². The first-order chi connectivity index (χ1) is 7.65. The first-order valence-corrected chi connectivity index (χ1v) is 6.64. The SMILES string of the molecule is CCCC(N[C@@H](C)C1CCCCC1)C(=O)O. The van der Waals surface area contributed by atoms with Gasteiger partial charge in [0.05, 0.1) is 0 Å². The monoisotopic (exact) mass is 227 g/mol. The molecule has 1 rings (SSSR count). The summed E-state index contributed by atoms with van der Waals surface area (Å²) in [5, 5.41) is 12.4. The average molecular weight is 227 g/mol. The molecular formula is C13H25NO2. The quantitative estimate of drug-likeness (QED) is 0.733. The van der Waals surface area contributed by atoms with Crippen molar-refractivity contribution in [2.24, 2.45) is 5.92 Å². The molecule has 3 heteroatoms. The second-order valence-electron chi connectivity index (χ2n) is 5.03. The van der Waals surface area contributed by atoms with E-state index in [9.17, 15) is 4.79 Å². The molecule has 0 radical (unpaired) electrons. The van der Waals surface area contributed by atoms with Crippen molar-refractivity contribution >= 4 is 5.97 Å². The Balaban J connectivity index is 2.39. The van der Waals surface area contributed by atoms with Crippen LogP contribution < -0.4 is 5.32 Å². The van der Waals surface area contributed by atoms with Crippen LogP contribution in [0.2, 0.25) is 0 Å². The van der Waals surface area contributed by atoms with Crippen molar-refractivity contribution in [1.29, 1.82) is 0 Å². The predicted octanol–water partition coefficient (Wildman–Crippen LogP) is 2.80. The summed E-state index contributed by atoms with van der Waals surface area (Å²) in [4.78, 5) is 11.0. The van der Waals surface area contributed by atoms with Gasteiger partial charge in [0, 0.05) is 6.04 Å². The molecule has 0 aromatic rings. The number of rotatable bonds is 6. The minimum absolute atomic E-state index is 0.341. The minimum Gasteiger partial charge on any atom is -0.480 e. The Morgan fingerprint density at radius 2 is 2.00 bits per heavy atom. The molecule has 0 heterocycles. The highest BCUT2D eigenvalue weighted by Crippen LogP contribution is 2.26. The van der Waals surface area contributed by atoms with Gasteiger partial charge in [0.1, 0.15) is 6.04 Å². The second-order valence-corrected chi connectivity index (χ2v) is 5.03. The molecule has 0 amide bonds. The van der Waals surface area contributed by atoms with Crippen LogP contribution in [0, 0.1) is 5.92 Å². The van der Waals surface area contributed by atoms with Crippen molar-refractivity contribution < 1.29 is 9.90 Å². The fourth-order valence-electron chi connectivity index (χ4n) is 2.65. The van der Waals surface area contributed by atoms with Crippen molar-refractivity contribution in [2.75, 3.05) is 0 Å². The molecule has 2 N–H and O–H groups in total. The summed E-state index contributed by atoms with van der Waals surface area (Å²) in [5.41, 5.74) is 0. The van der Waals surface area contributed by atoms with E-state index in [1.54, 1.807) is 0 Å². The van der Waals surface area contributed by atoms with E-state index in [1.807, 2.05) is 6.92 Å². The molecule has 1 unspecified atom stereocenters. The van der Waals surface area contributed by atoms with E-state index >= 15 is 0 Å². The number of aliphatic carboxylic acids is 1. The molecule has 0 aliphatic heterocycles. The maximum atomic E-state index is 11.0. The summed E-state index contributed by atoms with van der Waals surface area (Å²) in [6.07, 6.45) is 8.12. The van der Waals surface area contributed by atoms with Crippen LogP contribution in [0.5, 0.6) is 0 Å². The van der Waals surface area contributed by atoms with Gasteiger partial charge in [-0.05, 0) is 32.1 Å². The molecule has 0 spiro atoms. The molecule has 0 aromatic heterocycles. The first-order valence-electron chi connectivity index (χ1n) is 6.64. The molecule has 0 aromatic carbocycles. The van der Waals surface area contributed by atoms with Crippen molar-refractivity contribution in [3.63, 3.8) is 0 Å². The highest BCUT2D eigenvalue weighted by molar-refractivity contribution is 5.73. The predicted molar refractivity (Wildman–Crippen MR) is 65.5 cm³/mol. The van der Waals surface area contributed by atoms with Crippen LogP contribution in [-0.2, 0) is 4.79 Å². The average Bonchev–Trinajstić information content (AvgIpc) is 2.29. The summed E-state index contributed by atoms with van der Waals surface area (Å²) < 4.78 is 0. The molecule has 0 saturated heterocycles. The largest absolute Gasteiger partial charge is 0.480 e. The van der Waals surface area contributed by atoms with Gasteiger partial charge in [0.15, 0.2) is 0 Å². The fourth-order valence-corrected chi connectivity index (χ4v) is 2.65. The zero-order chi connectivity index (χ0) is 12.0. The van der Waals surface area contributed by atoms with Crippen molar-refractivity contribution in [2.45, 2.75) is 70.9 Å². The van der Waals surface area contributed by atoms with Crippen LogP contribution in [0.25, 0.3) is 0 Å². The zero-order valence-electron chi connectivity index (χ0n) is 10.5. The van der Waals surface area contributed by atoms with E-state index in [0.29, 0.717) is 12.0 Å². The Labute approximate surface area is 98.6 Å². The Morgan fingerprint density at radius 1 is 1.38 bits per heavy atom. The number of carboxylic acid groups (broad SMARTS) is 1. The van der Waals surface area contributed by atoms with Crippen molar-refractivity contribution in [3.8, 4) is 0 Å². The van der Waals surface area contributed by atoms with Gasteiger partial charge >= 0.3 is 5.97 Å². The lowest BCUT2D eigenvalue weighted by Crippen LogP contribution is -2.45. The molecule has 1 saturated carbocycles. The Morgan fingerprint density at radius 3 is 2.50 bits per heavy atom. The third kappa shape index (κ3) is 4.12. The van der Waals surface area contributed by atoms with Crippen LogP contribution in [0.4, 0.5) is 0 Å². The normalized spacial score (nSPS) is 21.6. The molecule has 1 fully saturated rings. The Bertz CT molecular complexity index is 212. The van der Waals surface area contributed by atoms with Crippen LogP contribution in [-0.4, -0.2) is 23.2 Å². The third-order valence-corrected chi connectivity index (χ3v) is 3.70. The van der Waals surface area contributed by atoms with Gasteiger partial charge in [-0.1, -0.05) is 32.6 Å². The summed E-state index contributed by atoms with van der Waals surface area (Å²) >= 11 is 0. The van der Waals surface area contributed by atoms with E-state index in [1.165, 1.54) is 32.1 Å². The van der Waals surface area contributed by atoms with Crippen LogP contribution >= 0.6 is 0 Å². The molecule has 1 aliphatic carbocycles. The lowest BCUT2D eigenvalue weighted by atomic mass is 9.84. The smallest absolute Gasteiger partial charge is 0.320 e. The highest BCUT2D eigenvalue weighted by Gasteiger charge is 2.24. The topological polar surface area (TPSA) is 49.3 Å². The van der Waals surface area contributed by atoms with Gasteiger partial charge in [-0.25, -0.2) is 0 Å². The number of carboxylic acids is 1. The molecular weight excluding hydrogens is 202 g/mol. The molecule has 1 aliphatic rings. The van der Waals surface area contributed by atoms with Gasteiger partial charge < -0.3 is 10.4 Å². The van der Waals surface area contributed by atoms with E-state index in [0.717, 1.165) is 12.8 Å². The summed E-state index contributed by atoms with van der Waals surface area (Å²) in [6.45, 7) is 4.17. The van der Waals surface area contributed by atoms with Crippen molar-refractivity contribution in [1.82, 2.24) is 5.32 Å². The van der Waals surface area contributed by atoms with Crippen LogP contribution in [0.15, 0.2) is 0 Å². The molecule has 94 valence electrons. The fraction of sp³-hybridized carbons (Fsp3) is 0.923. The molecule has 2 atom stereocenters. The zero-order valence-corrected chi connectivity index (χ0v) is 10.5. The lowest BCUT2D eigenvalue weighted by Gasteiger charge is -2.30. The summed E-state index contributed by atoms with van der Waals surface area (Å²) in [5.74, 6) is -0.0306. The Hall–Kier alpha value is -0.570. The second kappa shape index (κ2) is 6.89. The number of hydrogen-bond donors (Lipinski definition) is 2. The van der Waals surface area contributed by atoms with Crippen LogP contribution in [0.1, 0.15) is 58.8 Å². The highest BCUT2D eigenvalue weighted by atomic mass is 16.4. The van der Waals surface area contributed by atoms with E-state index in [-0.39, 0.29) is 6.04 Å².